The molecule has 0 aromatic heterocycles. The molecule has 146 valence electrons. The second kappa shape index (κ2) is 6.66. The van der Waals surface area contributed by atoms with Crippen LogP contribution in [0.4, 0.5) is 9.59 Å². The molecule has 2 heterocycles. The summed E-state index contributed by atoms with van der Waals surface area (Å²) in [6.07, 6.45) is -1.19. The van der Waals surface area contributed by atoms with Crippen LogP contribution in [0.1, 0.15) is 41.5 Å². The number of nitrogens with two attached hydrogens (primary N) is 1. The Labute approximate surface area is 159 Å². The van der Waals surface area contributed by atoms with Crippen molar-refractivity contribution in [1.29, 1.82) is 0 Å². The Balaban J connectivity index is 2.37. The molecule has 2 aliphatic heterocycles. The molecule has 2 rings (SSSR count). The van der Waals surface area contributed by atoms with E-state index in [0.29, 0.717) is 13.1 Å². The lowest BCUT2D eigenvalue weighted by Crippen LogP contribution is -2.68. The van der Waals surface area contributed by atoms with Gasteiger partial charge in [0.25, 0.3) is 0 Å². The highest BCUT2D eigenvalue weighted by molar-refractivity contribution is 7.80. The number of ether oxygens (including phenoxy) is 2. The van der Waals surface area contributed by atoms with Crippen LogP contribution in [0.2, 0.25) is 0 Å². The summed E-state index contributed by atoms with van der Waals surface area (Å²) in [7, 11) is 0. The molecule has 0 aliphatic carbocycles. The van der Waals surface area contributed by atoms with Crippen LogP contribution in [0.15, 0.2) is 4.99 Å². The van der Waals surface area contributed by atoms with Gasteiger partial charge in [-0.2, -0.15) is 9.80 Å². The smallest absolute Gasteiger partial charge is 0.443 e. The fourth-order valence-corrected chi connectivity index (χ4v) is 3.18. The molecule has 1 fully saturated rings. The van der Waals surface area contributed by atoms with Gasteiger partial charge in [-0.1, -0.05) is 4.59 Å². The first-order valence-electron chi connectivity index (χ1n) is 8.52. The highest BCUT2D eigenvalue weighted by Gasteiger charge is 2.60. The summed E-state index contributed by atoms with van der Waals surface area (Å²) >= 11 is 5.54. The maximum atomic E-state index is 13.1. The molecule has 1 saturated heterocycles. The first-order valence-corrected chi connectivity index (χ1v) is 8.93. The molecule has 1 atom stereocenters. The topological polar surface area (TPSA) is 97.5 Å². The number of hydrogen-bond donors (Lipinski definition) is 1. The number of rotatable bonds is 1. The van der Waals surface area contributed by atoms with E-state index in [0.717, 1.165) is 0 Å². The van der Waals surface area contributed by atoms with Crippen molar-refractivity contribution in [2.24, 2.45) is 10.7 Å². The Morgan fingerprint density at radius 1 is 1.12 bits per heavy atom. The Kier molecular flexibility index (Phi) is 5.22. The predicted octanol–water partition coefficient (Wildman–Crippen LogP) is 1.82. The van der Waals surface area contributed by atoms with Crippen molar-refractivity contribution in [2.75, 3.05) is 26.2 Å². The fourth-order valence-electron chi connectivity index (χ4n) is 2.75. The van der Waals surface area contributed by atoms with Crippen molar-refractivity contribution in [1.82, 2.24) is 9.91 Å². The molecule has 0 aromatic rings. The van der Waals surface area contributed by atoms with Crippen LogP contribution in [0, 0.1) is 0 Å². The Hall–Kier alpha value is -1.94. The summed E-state index contributed by atoms with van der Waals surface area (Å²) in [5, 5.41) is 1.66. The van der Waals surface area contributed by atoms with Gasteiger partial charge in [0.1, 0.15) is 17.7 Å². The number of hydrogen-bond acceptors (Lipinski definition) is 8. The zero-order valence-corrected chi connectivity index (χ0v) is 17.1. The van der Waals surface area contributed by atoms with E-state index in [9.17, 15) is 9.59 Å². The molecular formula is C16H28N5O4S+. The predicted molar refractivity (Wildman–Crippen MR) is 100 cm³/mol. The van der Waals surface area contributed by atoms with E-state index in [1.807, 2.05) is 0 Å². The molecule has 0 bridgehead atoms. The molecule has 2 amide bonds. The standard InChI is InChI=1S/C16H28N5O4S/c1-15(2,3)24-13(22)19-9-10-21(12(19)26,14(23)25-16(4,5)6)20-8-7-18-11(20)17/h7-10H2,1-6H3,(H2,17,18)/q+1. The second-order valence-electron chi connectivity index (χ2n) is 8.25. The van der Waals surface area contributed by atoms with Gasteiger partial charge in [-0.3, -0.25) is 0 Å². The minimum Gasteiger partial charge on any atom is -0.443 e. The van der Waals surface area contributed by atoms with Crippen LogP contribution in [0.25, 0.3) is 0 Å². The minimum atomic E-state index is -0.719. The summed E-state index contributed by atoms with van der Waals surface area (Å²) in [6, 6.07) is 0. The van der Waals surface area contributed by atoms with Gasteiger partial charge in [0.05, 0.1) is 19.6 Å². The average molecular weight is 386 g/mol. The van der Waals surface area contributed by atoms with Crippen LogP contribution in [0.3, 0.4) is 0 Å². The molecule has 2 N–H and O–H groups in total. The van der Waals surface area contributed by atoms with E-state index in [4.69, 9.17) is 27.4 Å². The van der Waals surface area contributed by atoms with Crippen molar-refractivity contribution in [2.45, 2.75) is 52.7 Å². The third-order valence-corrected chi connectivity index (χ3v) is 4.29. The summed E-state index contributed by atoms with van der Waals surface area (Å²) in [5.74, 6) is 0.198. The first kappa shape index (κ1) is 20.4. The molecule has 9 nitrogen and oxygen atoms in total. The van der Waals surface area contributed by atoms with Gasteiger partial charge < -0.3 is 15.2 Å². The van der Waals surface area contributed by atoms with E-state index in [-0.39, 0.29) is 24.2 Å². The maximum absolute atomic E-state index is 13.1. The van der Waals surface area contributed by atoms with Crippen LogP contribution >= 0.6 is 12.2 Å². The molecule has 2 aliphatic rings. The first-order chi connectivity index (χ1) is 11.8. The molecule has 0 saturated carbocycles. The molecule has 26 heavy (non-hydrogen) atoms. The highest BCUT2D eigenvalue weighted by atomic mass is 32.1. The zero-order valence-electron chi connectivity index (χ0n) is 16.2. The number of thiocarbonyl (C=S) groups is 1. The van der Waals surface area contributed by atoms with E-state index >= 15 is 0 Å². The fraction of sp³-hybridized carbons (Fsp3) is 0.750. The van der Waals surface area contributed by atoms with Gasteiger partial charge in [0.15, 0.2) is 0 Å². The zero-order chi connectivity index (χ0) is 19.9. The Morgan fingerprint density at radius 2 is 1.69 bits per heavy atom. The number of amides is 2. The lowest BCUT2D eigenvalue weighted by Gasteiger charge is -2.37. The van der Waals surface area contributed by atoms with E-state index in [1.165, 1.54) is 4.90 Å². The van der Waals surface area contributed by atoms with Gasteiger partial charge in [-0.25, -0.2) is 14.7 Å². The SMILES string of the molecule is CC(C)(C)OC(=O)N1CC[N+](C(=O)OC(C)(C)C)(N2CCN=C2N)C1=S. The summed E-state index contributed by atoms with van der Waals surface area (Å²) < 4.78 is 10.5. The monoisotopic (exact) mass is 386 g/mol. The lowest BCUT2D eigenvalue weighted by atomic mass is 10.2. The third-order valence-electron chi connectivity index (χ3n) is 3.77. The minimum absolute atomic E-state index is 0.0774. The van der Waals surface area contributed by atoms with Crippen LogP contribution in [-0.2, 0) is 9.47 Å². The molecule has 1 unspecified atom stereocenters. The van der Waals surface area contributed by atoms with Gasteiger partial charge in [-0.15, -0.1) is 0 Å². The number of carbonyl (C=O) groups excluding carboxylic acids is 2. The van der Waals surface area contributed by atoms with Gasteiger partial charge in [0.2, 0.25) is 5.96 Å². The average Bonchev–Trinajstić information content (AvgIpc) is 2.99. The Bertz CT molecular complexity index is 652. The van der Waals surface area contributed by atoms with E-state index in [1.54, 1.807) is 46.6 Å². The number of nitrogens with zero attached hydrogens (tertiary/aromatic N) is 4. The quantitative estimate of drug-likeness (QED) is 0.542. The van der Waals surface area contributed by atoms with Crippen LogP contribution in [0.5, 0.6) is 0 Å². The third kappa shape index (κ3) is 3.90. The normalized spacial score (nSPS) is 23.9. The summed E-state index contributed by atoms with van der Waals surface area (Å²) in [4.78, 5) is 31.1. The largest absolute Gasteiger partial charge is 0.549 e. The molecule has 0 radical (unpaired) electrons. The molecule has 0 spiro atoms. The van der Waals surface area contributed by atoms with Crippen LogP contribution in [-0.4, -0.2) is 75.1 Å². The second-order valence-corrected chi connectivity index (χ2v) is 8.62. The molecular weight excluding hydrogens is 358 g/mol. The van der Waals surface area contributed by atoms with Crippen molar-refractivity contribution in [3.05, 3.63) is 0 Å². The maximum Gasteiger partial charge on any atom is 0.549 e. The van der Waals surface area contributed by atoms with Gasteiger partial charge in [0, 0.05) is 12.2 Å². The lowest BCUT2D eigenvalue weighted by molar-refractivity contribution is -0.868. The van der Waals surface area contributed by atoms with Crippen molar-refractivity contribution in [3.63, 3.8) is 0 Å². The number of aliphatic imine (C=N–C) groups is 1. The van der Waals surface area contributed by atoms with Gasteiger partial charge >= 0.3 is 17.3 Å². The van der Waals surface area contributed by atoms with Crippen molar-refractivity contribution < 1.29 is 23.7 Å². The highest BCUT2D eigenvalue weighted by Crippen LogP contribution is 2.30. The number of guanidine groups is 1. The number of quaternary nitrogens is 1. The van der Waals surface area contributed by atoms with Crippen LogP contribution < -0.4 is 5.73 Å². The van der Waals surface area contributed by atoms with Gasteiger partial charge in [-0.05, 0) is 41.5 Å². The number of carbonyl (C=O) groups is 2. The molecule has 10 heteroatoms. The van der Waals surface area contributed by atoms with Crippen molar-refractivity contribution in [3.8, 4) is 0 Å². The molecule has 0 aromatic carbocycles. The summed E-state index contributed by atoms with van der Waals surface area (Å²) in [5.41, 5.74) is 4.59. The van der Waals surface area contributed by atoms with E-state index in [2.05, 4.69) is 4.99 Å². The Morgan fingerprint density at radius 3 is 2.15 bits per heavy atom. The summed E-state index contributed by atoms with van der Waals surface area (Å²) in [6.45, 7) is 11.9. The van der Waals surface area contributed by atoms with E-state index < -0.39 is 28.0 Å². The van der Waals surface area contributed by atoms with Crippen molar-refractivity contribution >= 4 is 35.5 Å².